The molecule has 0 unspecified atom stereocenters. The van der Waals surface area contributed by atoms with Crippen molar-refractivity contribution in [3.8, 4) is 0 Å². The van der Waals surface area contributed by atoms with Gasteiger partial charge in [0.25, 0.3) is 0 Å². The lowest BCUT2D eigenvalue weighted by Crippen LogP contribution is -2.53. The average Bonchev–Trinajstić information content (AvgIpc) is 2.61. The lowest BCUT2D eigenvalue weighted by Gasteiger charge is -2.39. The Morgan fingerprint density at radius 3 is 2.69 bits per heavy atom. The van der Waals surface area contributed by atoms with Gasteiger partial charge in [-0.05, 0) is 45.2 Å². The number of fused-ring (bicyclic) bond motifs is 1. The lowest BCUT2D eigenvalue weighted by atomic mass is 9.86. The summed E-state index contributed by atoms with van der Waals surface area (Å²) >= 11 is 0. The molecule has 2 aliphatic rings. The van der Waals surface area contributed by atoms with Crippen molar-refractivity contribution in [1.82, 2.24) is 4.90 Å². The molecule has 0 aromatic rings. The molecule has 1 atom stereocenters. The standard InChI is InChI=1S/C10H17NO2/c1-13-9(12)10-5-2-3-7-11(10)8-4-6-10/h2-8H2,1H3/t10-/m1/s1. The van der Waals surface area contributed by atoms with Gasteiger partial charge in [0.1, 0.15) is 5.54 Å². The minimum atomic E-state index is -0.229. The minimum absolute atomic E-state index is 0.00954. The summed E-state index contributed by atoms with van der Waals surface area (Å²) in [7, 11) is 1.50. The number of rotatable bonds is 1. The SMILES string of the molecule is COC(=O)[C@]12CCCCN1CCC2. The highest BCUT2D eigenvalue weighted by molar-refractivity contribution is 5.81. The first-order valence-corrected chi connectivity index (χ1v) is 5.13. The Morgan fingerprint density at radius 2 is 1.92 bits per heavy atom. The molecule has 0 radical (unpaired) electrons. The van der Waals surface area contributed by atoms with Gasteiger partial charge in [-0.15, -0.1) is 0 Å². The van der Waals surface area contributed by atoms with Crippen molar-refractivity contribution >= 4 is 5.97 Å². The number of carbonyl (C=O) groups excluding carboxylic acids is 1. The Labute approximate surface area is 79.0 Å². The maximum atomic E-state index is 11.7. The zero-order valence-corrected chi connectivity index (χ0v) is 8.21. The molecule has 3 nitrogen and oxygen atoms in total. The van der Waals surface area contributed by atoms with Crippen molar-refractivity contribution in [3.05, 3.63) is 0 Å². The summed E-state index contributed by atoms with van der Waals surface area (Å²) in [6.45, 7) is 2.16. The molecule has 2 fully saturated rings. The first-order valence-electron chi connectivity index (χ1n) is 5.13. The summed E-state index contributed by atoms with van der Waals surface area (Å²) in [6, 6.07) is 0. The van der Waals surface area contributed by atoms with Gasteiger partial charge in [-0.25, -0.2) is 0 Å². The van der Waals surface area contributed by atoms with Gasteiger partial charge >= 0.3 is 5.97 Å². The smallest absolute Gasteiger partial charge is 0.326 e. The van der Waals surface area contributed by atoms with E-state index in [1.54, 1.807) is 0 Å². The number of hydrogen-bond donors (Lipinski definition) is 0. The normalized spacial score (nSPS) is 34.2. The van der Waals surface area contributed by atoms with Crippen molar-refractivity contribution < 1.29 is 9.53 Å². The molecule has 13 heavy (non-hydrogen) atoms. The van der Waals surface area contributed by atoms with Gasteiger partial charge in [0.15, 0.2) is 0 Å². The minimum Gasteiger partial charge on any atom is -0.468 e. The number of hydrogen-bond acceptors (Lipinski definition) is 3. The van der Waals surface area contributed by atoms with E-state index in [4.69, 9.17) is 4.74 Å². The van der Waals surface area contributed by atoms with Crippen LogP contribution in [0.3, 0.4) is 0 Å². The molecule has 2 saturated heterocycles. The van der Waals surface area contributed by atoms with Crippen molar-refractivity contribution in [2.24, 2.45) is 0 Å². The van der Waals surface area contributed by atoms with Gasteiger partial charge in [-0.1, -0.05) is 0 Å². The largest absolute Gasteiger partial charge is 0.468 e. The topological polar surface area (TPSA) is 29.5 Å². The molecule has 0 aliphatic carbocycles. The summed E-state index contributed by atoms with van der Waals surface area (Å²) in [6.07, 6.45) is 5.55. The van der Waals surface area contributed by atoms with Gasteiger partial charge in [0, 0.05) is 0 Å². The number of carbonyl (C=O) groups is 1. The molecule has 2 heterocycles. The molecular weight excluding hydrogens is 166 g/mol. The molecule has 0 amide bonds. The molecule has 2 aliphatic heterocycles. The summed E-state index contributed by atoms with van der Waals surface area (Å²) in [5.74, 6) is -0.00954. The van der Waals surface area contributed by atoms with Gasteiger partial charge in [-0.3, -0.25) is 9.69 Å². The fraction of sp³-hybridized carbons (Fsp3) is 0.900. The van der Waals surface area contributed by atoms with Crippen molar-refractivity contribution in [2.45, 2.75) is 37.6 Å². The van der Waals surface area contributed by atoms with E-state index in [9.17, 15) is 4.79 Å². The van der Waals surface area contributed by atoms with Crippen LogP contribution in [-0.2, 0) is 9.53 Å². The third kappa shape index (κ3) is 1.26. The highest BCUT2D eigenvalue weighted by atomic mass is 16.5. The number of methoxy groups -OCH3 is 1. The molecule has 0 bridgehead atoms. The van der Waals surface area contributed by atoms with Crippen LogP contribution >= 0.6 is 0 Å². The molecule has 0 N–H and O–H groups in total. The first kappa shape index (κ1) is 9.00. The van der Waals surface area contributed by atoms with Crippen LogP contribution < -0.4 is 0 Å². The van der Waals surface area contributed by atoms with Crippen LogP contribution in [0.4, 0.5) is 0 Å². The lowest BCUT2D eigenvalue weighted by molar-refractivity contribution is -0.155. The van der Waals surface area contributed by atoms with E-state index in [0.29, 0.717) is 0 Å². The Morgan fingerprint density at radius 1 is 1.23 bits per heavy atom. The molecule has 0 spiro atoms. The third-order valence-corrected chi connectivity index (χ3v) is 3.46. The summed E-state index contributed by atoms with van der Waals surface area (Å²) in [5.41, 5.74) is -0.229. The molecule has 0 saturated carbocycles. The van der Waals surface area contributed by atoms with Gasteiger partial charge < -0.3 is 4.74 Å². The van der Waals surface area contributed by atoms with E-state index < -0.39 is 0 Å². The number of esters is 1. The van der Waals surface area contributed by atoms with Crippen LogP contribution in [0, 0.1) is 0 Å². The second kappa shape index (κ2) is 3.29. The van der Waals surface area contributed by atoms with Gasteiger partial charge in [-0.2, -0.15) is 0 Å². The first-order chi connectivity index (χ1) is 6.29. The predicted octanol–water partition coefficient (Wildman–Crippen LogP) is 1.18. The molecule has 0 aromatic carbocycles. The van der Waals surface area contributed by atoms with Crippen LogP contribution in [-0.4, -0.2) is 36.6 Å². The van der Waals surface area contributed by atoms with E-state index in [-0.39, 0.29) is 11.5 Å². The quantitative estimate of drug-likeness (QED) is 0.572. The third-order valence-electron chi connectivity index (χ3n) is 3.46. The second-order valence-corrected chi connectivity index (χ2v) is 4.07. The van der Waals surface area contributed by atoms with Gasteiger partial charge in [0.2, 0.25) is 0 Å². The van der Waals surface area contributed by atoms with Crippen molar-refractivity contribution in [3.63, 3.8) is 0 Å². The Hall–Kier alpha value is -0.570. The molecule has 2 rings (SSSR count). The van der Waals surface area contributed by atoms with E-state index in [1.807, 2.05) is 0 Å². The van der Waals surface area contributed by atoms with E-state index in [0.717, 1.165) is 32.4 Å². The van der Waals surface area contributed by atoms with Crippen LogP contribution in [0.1, 0.15) is 32.1 Å². The summed E-state index contributed by atoms with van der Waals surface area (Å²) < 4.78 is 4.91. The van der Waals surface area contributed by atoms with Crippen LogP contribution in [0.15, 0.2) is 0 Å². The average molecular weight is 183 g/mol. The van der Waals surface area contributed by atoms with Gasteiger partial charge in [0.05, 0.1) is 7.11 Å². The Balaban J connectivity index is 2.20. The van der Waals surface area contributed by atoms with E-state index >= 15 is 0 Å². The van der Waals surface area contributed by atoms with E-state index in [1.165, 1.54) is 20.0 Å². The second-order valence-electron chi connectivity index (χ2n) is 4.07. The zero-order valence-electron chi connectivity index (χ0n) is 8.21. The Kier molecular flexibility index (Phi) is 2.28. The number of ether oxygens (including phenoxy) is 1. The fourth-order valence-electron chi connectivity index (χ4n) is 2.79. The highest BCUT2D eigenvalue weighted by Crippen LogP contribution is 2.38. The zero-order chi connectivity index (χ0) is 9.31. The van der Waals surface area contributed by atoms with E-state index in [2.05, 4.69) is 4.90 Å². The van der Waals surface area contributed by atoms with Crippen molar-refractivity contribution in [2.75, 3.05) is 20.2 Å². The number of piperidine rings is 1. The summed E-state index contributed by atoms with van der Waals surface area (Å²) in [5, 5.41) is 0. The fourth-order valence-corrected chi connectivity index (χ4v) is 2.79. The van der Waals surface area contributed by atoms with Crippen LogP contribution in [0.2, 0.25) is 0 Å². The highest BCUT2D eigenvalue weighted by Gasteiger charge is 2.49. The molecule has 3 heteroatoms. The molecular formula is C10H17NO2. The predicted molar refractivity (Wildman–Crippen MR) is 49.4 cm³/mol. The monoisotopic (exact) mass is 183 g/mol. The number of nitrogens with zero attached hydrogens (tertiary/aromatic N) is 1. The maximum Gasteiger partial charge on any atom is 0.326 e. The Bertz CT molecular complexity index is 217. The van der Waals surface area contributed by atoms with Crippen LogP contribution in [0.5, 0.6) is 0 Å². The van der Waals surface area contributed by atoms with Crippen LogP contribution in [0.25, 0.3) is 0 Å². The van der Waals surface area contributed by atoms with Crippen molar-refractivity contribution in [1.29, 1.82) is 0 Å². The maximum absolute atomic E-state index is 11.7. The summed E-state index contributed by atoms with van der Waals surface area (Å²) in [4.78, 5) is 14.0. The molecule has 0 aromatic heterocycles. The molecule has 74 valence electrons.